The van der Waals surface area contributed by atoms with Gasteiger partial charge < -0.3 is 9.84 Å². The second-order valence-electron chi connectivity index (χ2n) is 4.78. The van der Waals surface area contributed by atoms with Crippen molar-refractivity contribution in [1.82, 2.24) is 20.4 Å². The molecule has 1 aliphatic heterocycles. The molecule has 7 heteroatoms. The SMILES string of the molecule is CN1CCNCC1c1noc(-c2cc(F)ccc2I)n1. The van der Waals surface area contributed by atoms with Gasteiger partial charge in [0.25, 0.3) is 5.89 Å². The van der Waals surface area contributed by atoms with Gasteiger partial charge in [-0.05, 0) is 47.8 Å². The molecule has 0 bridgehead atoms. The molecule has 106 valence electrons. The standard InChI is InChI=1S/C13H14FIN4O/c1-19-5-4-16-7-11(19)12-17-13(20-18-12)9-6-8(14)2-3-10(9)15/h2-3,6,11,16H,4-5,7H2,1H3. The van der Waals surface area contributed by atoms with Crippen LogP contribution in [0.15, 0.2) is 22.7 Å². The molecule has 2 aromatic rings. The lowest BCUT2D eigenvalue weighted by molar-refractivity contribution is 0.190. The first kappa shape index (κ1) is 13.9. The molecule has 0 amide bonds. The first-order chi connectivity index (χ1) is 9.65. The number of aromatic nitrogens is 2. The summed E-state index contributed by atoms with van der Waals surface area (Å²) in [7, 11) is 2.04. The van der Waals surface area contributed by atoms with E-state index < -0.39 is 0 Å². The molecule has 0 aliphatic carbocycles. The van der Waals surface area contributed by atoms with E-state index in [9.17, 15) is 4.39 Å². The zero-order valence-corrected chi connectivity index (χ0v) is 13.1. The van der Waals surface area contributed by atoms with E-state index >= 15 is 0 Å². The van der Waals surface area contributed by atoms with Crippen molar-refractivity contribution in [2.75, 3.05) is 26.7 Å². The lowest BCUT2D eigenvalue weighted by Crippen LogP contribution is -2.44. The quantitative estimate of drug-likeness (QED) is 0.799. The van der Waals surface area contributed by atoms with E-state index in [0.717, 1.165) is 23.2 Å². The number of rotatable bonds is 2. The van der Waals surface area contributed by atoms with Gasteiger partial charge in [-0.2, -0.15) is 4.98 Å². The topological polar surface area (TPSA) is 54.2 Å². The Balaban J connectivity index is 1.91. The van der Waals surface area contributed by atoms with Crippen molar-refractivity contribution in [3.05, 3.63) is 33.4 Å². The highest BCUT2D eigenvalue weighted by Crippen LogP contribution is 2.27. The van der Waals surface area contributed by atoms with Gasteiger partial charge in [0.2, 0.25) is 0 Å². The summed E-state index contributed by atoms with van der Waals surface area (Å²) in [6, 6.07) is 4.62. The van der Waals surface area contributed by atoms with E-state index in [0.29, 0.717) is 17.3 Å². The number of hydrogen-bond donors (Lipinski definition) is 1. The number of nitrogens with one attached hydrogen (secondary N) is 1. The Kier molecular flexibility index (Phi) is 3.99. The summed E-state index contributed by atoms with van der Waals surface area (Å²) in [5, 5.41) is 7.35. The molecule has 0 radical (unpaired) electrons. The highest BCUT2D eigenvalue weighted by molar-refractivity contribution is 14.1. The van der Waals surface area contributed by atoms with Gasteiger partial charge in [-0.3, -0.25) is 4.90 Å². The number of benzene rings is 1. The molecule has 1 aliphatic rings. The maximum absolute atomic E-state index is 13.3. The molecule has 20 heavy (non-hydrogen) atoms. The lowest BCUT2D eigenvalue weighted by Gasteiger charge is -2.30. The van der Waals surface area contributed by atoms with Gasteiger partial charge in [0.05, 0.1) is 11.6 Å². The van der Waals surface area contributed by atoms with Gasteiger partial charge in [-0.15, -0.1) is 0 Å². The van der Waals surface area contributed by atoms with Crippen LogP contribution in [0.5, 0.6) is 0 Å². The van der Waals surface area contributed by atoms with Crippen molar-refractivity contribution in [2.45, 2.75) is 6.04 Å². The van der Waals surface area contributed by atoms with Gasteiger partial charge in [-0.25, -0.2) is 4.39 Å². The van der Waals surface area contributed by atoms with Crippen molar-refractivity contribution in [3.63, 3.8) is 0 Å². The van der Waals surface area contributed by atoms with Gasteiger partial charge >= 0.3 is 0 Å². The maximum atomic E-state index is 13.3. The Labute approximate surface area is 129 Å². The minimum Gasteiger partial charge on any atom is -0.334 e. The zero-order valence-electron chi connectivity index (χ0n) is 10.9. The molecule has 1 N–H and O–H groups in total. The van der Waals surface area contributed by atoms with Crippen molar-refractivity contribution in [1.29, 1.82) is 0 Å². The van der Waals surface area contributed by atoms with Crippen LogP contribution >= 0.6 is 22.6 Å². The largest absolute Gasteiger partial charge is 0.334 e. The van der Waals surface area contributed by atoms with Crippen LogP contribution in [0, 0.1) is 9.39 Å². The van der Waals surface area contributed by atoms with Crippen LogP contribution in [-0.2, 0) is 0 Å². The molecule has 3 rings (SSSR count). The van der Waals surface area contributed by atoms with Crippen molar-refractivity contribution >= 4 is 22.6 Å². The zero-order chi connectivity index (χ0) is 14.1. The molecule has 0 spiro atoms. The van der Waals surface area contributed by atoms with Crippen LogP contribution in [0.1, 0.15) is 11.9 Å². The summed E-state index contributed by atoms with van der Waals surface area (Å²) < 4.78 is 19.5. The second-order valence-corrected chi connectivity index (χ2v) is 5.94. The van der Waals surface area contributed by atoms with Gasteiger partial charge in [-0.1, -0.05) is 5.16 Å². The predicted molar refractivity (Wildman–Crippen MR) is 80.6 cm³/mol. The summed E-state index contributed by atoms with van der Waals surface area (Å²) in [6.45, 7) is 2.68. The molecular weight excluding hydrogens is 374 g/mol. The van der Waals surface area contributed by atoms with E-state index in [1.54, 1.807) is 6.07 Å². The van der Waals surface area contributed by atoms with E-state index in [1.165, 1.54) is 12.1 Å². The Morgan fingerprint density at radius 1 is 1.50 bits per heavy atom. The summed E-state index contributed by atoms with van der Waals surface area (Å²) in [5.74, 6) is 0.689. The highest BCUT2D eigenvalue weighted by Gasteiger charge is 2.25. The molecule has 1 atom stereocenters. The Bertz CT molecular complexity index is 618. The smallest absolute Gasteiger partial charge is 0.259 e. The van der Waals surface area contributed by atoms with Crippen LogP contribution in [0.3, 0.4) is 0 Å². The first-order valence-corrected chi connectivity index (χ1v) is 7.43. The van der Waals surface area contributed by atoms with Crippen molar-refractivity contribution < 1.29 is 8.91 Å². The normalized spacial score (nSPS) is 20.2. The lowest BCUT2D eigenvalue weighted by atomic mass is 10.2. The Morgan fingerprint density at radius 2 is 2.35 bits per heavy atom. The highest BCUT2D eigenvalue weighted by atomic mass is 127. The first-order valence-electron chi connectivity index (χ1n) is 6.35. The number of likely N-dealkylation sites (N-methyl/N-ethyl adjacent to an activating group) is 1. The van der Waals surface area contributed by atoms with Crippen molar-refractivity contribution in [2.24, 2.45) is 0 Å². The fourth-order valence-corrected chi connectivity index (χ4v) is 2.80. The molecular formula is C13H14FIN4O. The molecule has 1 saturated heterocycles. The minimum absolute atomic E-state index is 0.0903. The molecule has 5 nitrogen and oxygen atoms in total. The number of halogens is 2. The molecule has 0 saturated carbocycles. The van der Waals surface area contributed by atoms with E-state index in [2.05, 4.69) is 42.9 Å². The third-order valence-corrected chi connectivity index (χ3v) is 4.35. The molecule has 1 fully saturated rings. The van der Waals surface area contributed by atoms with Crippen LogP contribution in [0.25, 0.3) is 11.5 Å². The van der Waals surface area contributed by atoms with Crippen LogP contribution in [0.2, 0.25) is 0 Å². The fraction of sp³-hybridized carbons (Fsp3) is 0.385. The molecule has 1 aromatic carbocycles. The molecule has 1 unspecified atom stereocenters. The van der Waals surface area contributed by atoms with E-state index in [4.69, 9.17) is 4.52 Å². The van der Waals surface area contributed by atoms with E-state index in [-0.39, 0.29) is 11.9 Å². The summed E-state index contributed by atoms with van der Waals surface area (Å²) in [5.41, 5.74) is 0.635. The van der Waals surface area contributed by atoms with Crippen LogP contribution in [-0.4, -0.2) is 41.7 Å². The van der Waals surface area contributed by atoms with Crippen LogP contribution in [0.4, 0.5) is 4.39 Å². The summed E-state index contributed by atoms with van der Waals surface area (Å²) in [6.07, 6.45) is 0. The third-order valence-electron chi connectivity index (χ3n) is 3.41. The van der Waals surface area contributed by atoms with Gasteiger partial charge in [0.15, 0.2) is 5.82 Å². The Morgan fingerprint density at radius 3 is 3.15 bits per heavy atom. The second kappa shape index (κ2) is 5.74. The minimum atomic E-state index is -0.309. The average Bonchev–Trinajstić information content (AvgIpc) is 2.91. The number of piperazine rings is 1. The molecule has 1 aromatic heterocycles. The molecule has 2 heterocycles. The number of hydrogen-bond acceptors (Lipinski definition) is 5. The average molecular weight is 388 g/mol. The third kappa shape index (κ3) is 2.70. The summed E-state index contributed by atoms with van der Waals surface area (Å²) in [4.78, 5) is 6.61. The predicted octanol–water partition coefficient (Wildman–Crippen LogP) is 2.06. The number of nitrogens with zero attached hydrogens (tertiary/aromatic N) is 3. The van der Waals surface area contributed by atoms with Gasteiger partial charge in [0, 0.05) is 23.2 Å². The monoisotopic (exact) mass is 388 g/mol. The maximum Gasteiger partial charge on any atom is 0.259 e. The van der Waals surface area contributed by atoms with E-state index in [1.807, 2.05) is 7.05 Å². The Hall–Kier alpha value is -1.06. The fourth-order valence-electron chi connectivity index (χ4n) is 2.24. The van der Waals surface area contributed by atoms with Crippen LogP contribution < -0.4 is 5.32 Å². The summed E-state index contributed by atoms with van der Waals surface area (Å²) >= 11 is 2.13. The van der Waals surface area contributed by atoms with Gasteiger partial charge in [0.1, 0.15) is 5.82 Å². The van der Waals surface area contributed by atoms with Crippen molar-refractivity contribution in [3.8, 4) is 11.5 Å².